The molecule has 1 aromatic rings. The number of hydrogen-bond donors (Lipinski definition) is 0. The van der Waals surface area contributed by atoms with Crippen LogP contribution in [0.3, 0.4) is 0 Å². The third-order valence-electron chi connectivity index (χ3n) is 5.84. The Balaban J connectivity index is 1.62. The topological polar surface area (TPSA) is 43.9 Å². The Morgan fingerprint density at radius 1 is 1.20 bits per heavy atom. The van der Waals surface area contributed by atoms with Gasteiger partial charge in [-0.2, -0.15) is 0 Å². The minimum Gasteiger partial charge on any atom is -0.342 e. The number of nitrogens with zero attached hydrogens (tertiary/aromatic N) is 3. The molecule has 5 nitrogen and oxygen atoms in total. The predicted molar refractivity (Wildman–Crippen MR) is 98.0 cm³/mol. The third-order valence-corrected chi connectivity index (χ3v) is 5.84. The van der Waals surface area contributed by atoms with E-state index in [9.17, 15) is 9.59 Å². The molecule has 2 amide bonds. The fraction of sp³-hybridized carbons (Fsp3) is 0.600. The summed E-state index contributed by atoms with van der Waals surface area (Å²) < 4.78 is 0. The van der Waals surface area contributed by atoms with Gasteiger partial charge in [0.1, 0.15) is 0 Å². The van der Waals surface area contributed by atoms with Crippen molar-refractivity contribution in [2.75, 3.05) is 33.7 Å². The molecule has 2 saturated heterocycles. The first-order chi connectivity index (χ1) is 12.0. The van der Waals surface area contributed by atoms with Crippen molar-refractivity contribution in [2.24, 2.45) is 5.92 Å². The Bertz CT molecular complexity index is 611. The lowest BCUT2D eigenvalue weighted by molar-refractivity contribution is -0.137. The van der Waals surface area contributed by atoms with E-state index in [2.05, 4.69) is 11.9 Å². The summed E-state index contributed by atoms with van der Waals surface area (Å²) in [5.41, 5.74) is 1.12. The van der Waals surface area contributed by atoms with Gasteiger partial charge in [-0.1, -0.05) is 30.3 Å². The lowest BCUT2D eigenvalue weighted by Gasteiger charge is -2.36. The molecule has 2 fully saturated rings. The van der Waals surface area contributed by atoms with E-state index < -0.39 is 0 Å². The molecule has 1 aromatic carbocycles. The first kappa shape index (κ1) is 17.9. The van der Waals surface area contributed by atoms with Gasteiger partial charge in [0.2, 0.25) is 11.8 Å². The van der Waals surface area contributed by atoms with Crippen molar-refractivity contribution in [2.45, 2.75) is 38.3 Å². The van der Waals surface area contributed by atoms with Crippen molar-refractivity contribution in [1.29, 1.82) is 0 Å². The number of carbonyl (C=O) groups is 2. The van der Waals surface area contributed by atoms with Gasteiger partial charge in [0, 0.05) is 26.1 Å². The molecule has 3 rings (SSSR count). The summed E-state index contributed by atoms with van der Waals surface area (Å²) in [5, 5.41) is 0. The van der Waals surface area contributed by atoms with Gasteiger partial charge in [-0.3, -0.25) is 9.59 Å². The fourth-order valence-electron chi connectivity index (χ4n) is 4.03. The van der Waals surface area contributed by atoms with Gasteiger partial charge in [-0.25, -0.2) is 0 Å². The Labute approximate surface area is 150 Å². The number of likely N-dealkylation sites (tertiary alicyclic amines) is 2. The number of benzene rings is 1. The van der Waals surface area contributed by atoms with Crippen LogP contribution < -0.4 is 0 Å². The van der Waals surface area contributed by atoms with Crippen LogP contribution in [-0.2, 0) is 9.59 Å². The second kappa shape index (κ2) is 7.56. The van der Waals surface area contributed by atoms with Crippen LogP contribution in [0.5, 0.6) is 0 Å². The second-order valence-electron chi connectivity index (χ2n) is 7.52. The molecule has 0 spiro atoms. The van der Waals surface area contributed by atoms with Gasteiger partial charge in [-0.05, 0) is 45.5 Å². The van der Waals surface area contributed by atoms with Crippen molar-refractivity contribution in [3.05, 3.63) is 35.9 Å². The van der Waals surface area contributed by atoms with Crippen LogP contribution in [0, 0.1) is 5.92 Å². The molecule has 0 unspecified atom stereocenters. The van der Waals surface area contributed by atoms with Gasteiger partial charge in [0.05, 0.1) is 12.0 Å². The van der Waals surface area contributed by atoms with Gasteiger partial charge < -0.3 is 14.7 Å². The zero-order valence-corrected chi connectivity index (χ0v) is 15.5. The fourth-order valence-corrected chi connectivity index (χ4v) is 4.03. The summed E-state index contributed by atoms with van der Waals surface area (Å²) in [6, 6.07) is 10.4. The summed E-state index contributed by atoms with van der Waals surface area (Å²) >= 11 is 0. The summed E-state index contributed by atoms with van der Waals surface area (Å²) in [6.07, 6.45) is 2.38. The van der Waals surface area contributed by atoms with E-state index >= 15 is 0 Å². The van der Waals surface area contributed by atoms with Crippen LogP contribution in [0.25, 0.3) is 0 Å². The van der Waals surface area contributed by atoms with Crippen LogP contribution >= 0.6 is 0 Å². The Kier molecular flexibility index (Phi) is 5.42. The molecule has 0 bridgehead atoms. The second-order valence-corrected chi connectivity index (χ2v) is 7.52. The van der Waals surface area contributed by atoms with Crippen LogP contribution in [0.2, 0.25) is 0 Å². The van der Waals surface area contributed by atoms with E-state index in [0.717, 1.165) is 31.5 Å². The monoisotopic (exact) mass is 343 g/mol. The lowest BCUT2D eigenvalue weighted by atomic mass is 10.0. The third kappa shape index (κ3) is 3.87. The molecular weight excluding hydrogens is 314 g/mol. The zero-order valence-electron chi connectivity index (χ0n) is 15.5. The number of carbonyl (C=O) groups excluding carboxylic acids is 2. The van der Waals surface area contributed by atoms with E-state index in [4.69, 9.17) is 0 Å². The summed E-state index contributed by atoms with van der Waals surface area (Å²) in [4.78, 5) is 31.5. The molecule has 2 aliphatic rings. The van der Waals surface area contributed by atoms with Crippen molar-refractivity contribution in [3.8, 4) is 0 Å². The van der Waals surface area contributed by atoms with Crippen LogP contribution in [0.15, 0.2) is 30.3 Å². The van der Waals surface area contributed by atoms with Crippen molar-refractivity contribution >= 4 is 11.8 Å². The van der Waals surface area contributed by atoms with Gasteiger partial charge in [0.15, 0.2) is 0 Å². The number of amides is 2. The highest BCUT2D eigenvalue weighted by atomic mass is 16.2. The molecule has 2 aliphatic heterocycles. The Hall–Kier alpha value is -1.88. The summed E-state index contributed by atoms with van der Waals surface area (Å²) in [7, 11) is 4.03. The van der Waals surface area contributed by atoms with E-state index in [0.29, 0.717) is 19.0 Å². The largest absolute Gasteiger partial charge is 0.342 e. The highest BCUT2D eigenvalue weighted by Crippen LogP contribution is 2.30. The number of rotatable bonds is 4. The molecule has 0 N–H and O–H groups in total. The molecule has 0 radical (unpaired) electrons. The minimum absolute atomic E-state index is 0.0140. The summed E-state index contributed by atoms with van der Waals surface area (Å²) in [6.45, 7) is 4.64. The van der Waals surface area contributed by atoms with E-state index in [-0.39, 0.29) is 23.8 Å². The highest BCUT2D eigenvalue weighted by Gasteiger charge is 2.39. The molecular formula is C20H29N3O2. The molecule has 25 heavy (non-hydrogen) atoms. The maximum Gasteiger partial charge on any atom is 0.227 e. The van der Waals surface area contributed by atoms with Crippen molar-refractivity contribution in [1.82, 2.24) is 14.7 Å². The molecule has 0 aliphatic carbocycles. The molecule has 2 atom stereocenters. The Morgan fingerprint density at radius 2 is 1.84 bits per heavy atom. The average molecular weight is 343 g/mol. The maximum absolute atomic E-state index is 12.9. The molecule has 2 heterocycles. The molecule has 5 heteroatoms. The molecule has 0 saturated carbocycles. The molecule has 0 aromatic heterocycles. The quantitative estimate of drug-likeness (QED) is 0.841. The van der Waals surface area contributed by atoms with E-state index in [1.165, 1.54) is 0 Å². The SMILES string of the molecule is C[C@@H](c1ccccc1)N1C[C@@H](C(=O)N(C)C2CCN(C)CC2)CC1=O. The summed E-state index contributed by atoms with van der Waals surface area (Å²) in [5.74, 6) is 0.0143. The van der Waals surface area contributed by atoms with E-state index in [1.54, 1.807) is 0 Å². The highest BCUT2D eigenvalue weighted by molar-refractivity contribution is 5.89. The standard InChI is InChI=1S/C20H29N3O2/c1-15(16-7-5-4-6-8-16)23-14-17(13-19(23)24)20(25)22(3)18-9-11-21(2)12-10-18/h4-8,15,17-18H,9-14H2,1-3H3/t15-,17-/m0/s1. The normalized spacial score (nSPS) is 23.7. The minimum atomic E-state index is -0.205. The Morgan fingerprint density at radius 3 is 2.48 bits per heavy atom. The van der Waals surface area contributed by atoms with Gasteiger partial charge >= 0.3 is 0 Å². The number of piperidine rings is 1. The van der Waals surface area contributed by atoms with Gasteiger partial charge in [-0.15, -0.1) is 0 Å². The van der Waals surface area contributed by atoms with Crippen LogP contribution in [0.1, 0.15) is 37.8 Å². The molecule has 136 valence electrons. The van der Waals surface area contributed by atoms with E-state index in [1.807, 2.05) is 54.1 Å². The predicted octanol–water partition coefficient (Wildman–Crippen LogP) is 2.15. The van der Waals surface area contributed by atoms with Gasteiger partial charge in [0.25, 0.3) is 0 Å². The van der Waals surface area contributed by atoms with Crippen LogP contribution in [0.4, 0.5) is 0 Å². The van der Waals surface area contributed by atoms with Crippen LogP contribution in [-0.4, -0.2) is 66.3 Å². The lowest BCUT2D eigenvalue weighted by Crippen LogP contribution is -2.46. The first-order valence-electron chi connectivity index (χ1n) is 9.27. The van der Waals surface area contributed by atoms with Crippen molar-refractivity contribution < 1.29 is 9.59 Å². The maximum atomic E-state index is 12.9. The zero-order chi connectivity index (χ0) is 18.0. The van der Waals surface area contributed by atoms with Crippen molar-refractivity contribution in [3.63, 3.8) is 0 Å². The average Bonchev–Trinajstić information content (AvgIpc) is 3.03. The smallest absolute Gasteiger partial charge is 0.227 e. The number of hydrogen-bond acceptors (Lipinski definition) is 3. The first-order valence-corrected chi connectivity index (χ1v) is 9.27.